The van der Waals surface area contributed by atoms with Crippen molar-refractivity contribution in [3.05, 3.63) is 57.1 Å². The molecule has 0 aliphatic heterocycles. The summed E-state index contributed by atoms with van der Waals surface area (Å²) in [5.74, 6) is 0.155. The number of hydrogen-bond acceptors (Lipinski definition) is 3. The van der Waals surface area contributed by atoms with Crippen LogP contribution in [-0.2, 0) is 12.7 Å². The summed E-state index contributed by atoms with van der Waals surface area (Å²) >= 11 is 5.82. The minimum absolute atomic E-state index is 0.115. The lowest BCUT2D eigenvalue weighted by Gasteiger charge is -2.11. The van der Waals surface area contributed by atoms with Gasteiger partial charge in [0.25, 0.3) is 0 Å². The van der Waals surface area contributed by atoms with Crippen molar-refractivity contribution in [1.82, 2.24) is 15.0 Å². The van der Waals surface area contributed by atoms with E-state index in [0.717, 1.165) is 17.8 Å². The first-order chi connectivity index (χ1) is 10.8. The molecule has 5 nitrogen and oxygen atoms in total. The van der Waals surface area contributed by atoms with Gasteiger partial charge in [0.1, 0.15) is 5.82 Å². The number of rotatable bonds is 3. The van der Waals surface area contributed by atoms with Crippen LogP contribution in [0.2, 0.25) is 5.02 Å². The summed E-state index contributed by atoms with van der Waals surface area (Å²) in [4.78, 5) is 20.1. The standard InChI is InChI=1S/C14H10ClF3N4O/c15-9-4-8(14(16,17)18)6-20-12(9)19-5-7-1-2-10-11(3-7)22-13(23)21-10/h1-4,6H,5H2,(H,19,20)(H2,21,22,23). The van der Waals surface area contributed by atoms with Crippen molar-refractivity contribution in [3.8, 4) is 0 Å². The second-order valence-electron chi connectivity index (χ2n) is 4.86. The zero-order valence-electron chi connectivity index (χ0n) is 11.5. The van der Waals surface area contributed by atoms with Gasteiger partial charge in [0.2, 0.25) is 0 Å². The molecule has 0 bridgehead atoms. The smallest absolute Gasteiger partial charge is 0.365 e. The van der Waals surface area contributed by atoms with E-state index in [4.69, 9.17) is 11.6 Å². The molecule has 23 heavy (non-hydrogen) atoms. The van der Waals surface area contributed by atoms with Gasteiger partial charge in [-0.2, -0.15) is 13.2 Å². The van der Waals surface area contributed by atoms with E-state index in [0.29, 0.717) is 17.6 Å². The molecule has 9 heteroatoms. The maximum Gasteiger partial charge on any atom is 0.417 e. The number of alkyl halides is 3. The van der Waals surface area contributed by atoms with Gasteiger partial charge in [0.15, 0.2) is 0 Å². The molecule has 0 amide bonds. The number of nitrogens with one attached hydrogen (secondary N) is 3. The number of imidazole rings is 1. The van der Waals surface area contributed by atoms with Crippen molar-refractivity contribution in [2.45, 2.75) is 12.7 Å². The molecule has 0 saturated carbocycles. The van der Waals surface area contributed by atoms with Crippen molar-refractivity contribution in [2.24, 2.45) is 0 Å². The first-order valence-corrected chi connectivity index (χ1v) is 6.88. The van der Waals surface area contributed by atoms with E-state index in [1.54, 1.807) is 18.2 Å². The van der Waals surface area contributed by atoms with E-state index in [1.807, 2.05) is 0 Å². The minimum atomic E-state index is -4.49. The van der Waals surface area contributed by atoms with Crippen molar-refractivity contribution < 1.29 is 13.2 Å². The normalized spacial score (nSPS) is 11.8. The second-order valence-corrected chi connectivity index (χ2v) is 5.27. The zero-order valence-corrected chi connectivity index (χ0v) is 12.2. The number of hydrogen-bond donors (Lipinski definition) is 3. The molecule has 3 rings (SSSR count). The number of anilines is 1. The van der Waals surface area contributed by atoms with Crippen molar-refractivity contribution in [2.75, 3.05) is 5.32 Å². The van der Waals surface area contributed by atoms with Gasteiger partial charge in [-0.1, -0.05) is 17.7 Å². The van der Waals surface area contributed by atoms with Gasteiger partial charge in [-0.15, -0.1) is 0 Å². The van der Waals surface area contributed by atoms with E-state index in [-0.39, 0.29) is 16.5 Å². The van der Waals surface area contributed by atoms with Crippen LogP contribution in [0.1, 0.15) is 11.1 Å². The lowest BCUT2D eigenvalue weighted by atomic mass is 10.2. The highest BCUT2D eigenvalue weighted by Crippen LogP contribution is 2.32. The Kier molecular flexibility index (Phi) is 3.77. The van der Waals surface area contributed by atoms with E-state index >= 15 is 0 Å². The van der Waals surface area contributed by atoms with Gasteiger partial charge < -0.3 is 15.3 Å². The Labute approximate surface area is 132 Å². The third-order valence-electron chi connectivity index (χ3n) is 3.21. The fourth-order valence-corrected chi connectivity index (χ4v) is 2.33. The van der Waals surface area contributed by atoms with Crippen molar-refractivity contribution >= 4 is 28.5 Å². The number of fused-ring (bicyclic) bond motifs is 1. The van der Waals surface area contributed by atoms with Crippen LogP contribution < -0.4 is 11.0 Å². The molecule has 2 heterocycles. The molecule has 0 saturated heterocycles. The van der Waals surface area contributed by atoms with E-state index in [9.17, 15) is 18.0 Å². The molecule has 0 spiro atoms. The lowest BCUT2D eigenvalue weighted by molar-refractivity contribution is -0.137. The molecule has 0 aliphatic carbocycles. The quantitative estimate of drug-likeness (QED) is 0.681. The van der Waals surface area contributed by atoms with Gasteiger partial charge in [-0.3, -0.25) is 0 Å². The van der Waals surface area contributed by atoms with Crippen LogP contribution in [0.15, 0.2) is 35.3 Å². The maximum absolute atomic E-state index is 12.5. The molecule has 3 aromatic rings. The molecule has 0 aliphatic rings. The number of nitrogens with zero attached hydrogens (tertiary/aromatic N) is 1. The molecular formula is C14H10ClF3N4O. The molecule has 120 valence electrons. The molecule has 3 N–H and O–H groups in total. The monoisotopic (exact) mass is 342 g/mol. The lowest BCUT2D eigenvalue weighted by Crippen LogP contribution is -2.08. The Hall–Kier alpha value is -2.48. The number of pyridine rings is 1. The van der Waals surface area contributed by atoms with Crippen LogP contribution in [-0.4, -0.2) is 15.0 Å². The topological polar surface area (TPSA) is 73.6 Å². The number of aromatic nitrogens is 3. The first-order valence-electron chi connectivity index (χ1n) is 6.50. The Morgan fingerprint density at radius 1 is 1.17 bits per heavy atom. The predicted octanol–water partition coefficient (Wildman–Crippen LogP) is 3.54. The predicted molar refractivity (Wildman–Crippen MR) is 80.5 cm³/mol. The van der Waals surface area contributed by atoms with E-state index < -0.39 is 11.7 Å². The third-order valence-corrected chi connectivity index (χ3v) is 3.50. The summed E-state index contributed by atoms with van der Waals surface area (Å²) in [6.45, 7) is 0.293. The highest BCUT2D eigenvalue weighted by atomic mass is 35.5. The number of benzene rings is 1. The first kappa shape index (κ1) is 15.4. The van der Waals surface area contributed by atoms with Gasteiger partial charge in [-0.25, -0.2) is 9.78 Å². The van der Waals surface area contributed by atoms with Gasteiger partial charge in [0.05, 0.1) is 21.6 Å². The second kappa shape index (κ2) is 5.62. The molecule has 0 radical (unpaired) electrons. The van der Waals surface area contributed by atoms with Crippen LogP contribution in [0.25, 0.3) is 11.0 Å². The fourth-order valence-electron chi connectivity index (χ4n) is 2.10. The number of H-pyrrole nitrogens is 2. The summed E-state index contributed by atoms with van der Waals surface area (Å²) in [6.07, 6.45) is -3.76. The fraction of sp³-hybridized carbons (Fsp3) is 0.143. The molecule has 1 aromatic carbocycles. The third kappa shape index (κ3) is 3.31. The molecule has 0 fully saturated rings. The SMILES string of the molecule is O=c1[nH]c2ccc(CNc3ncc(C(F)(F)F)cc3Cl)cc2[nH]1. The Bertz CT molecular complexity index is 916. The minimum Gasteiger partial charge on any atom is -0.365 e. The van der Waals surface area contributed by atoms with Crippen LogP contribution in [0.4, 0.5) is 19.0 Å². The highest BCUT2D eigenvalue weighted by molar-refractivity contribution is 6.32. The van der Waals surface area contributed by atoms with Crippen molar-refractivity contribution in [1.29, 1.82) is 0 Å². The average molecular weight is 343 g/mol. The van der Waals surface area contributed by atoms with Gasteiger partial charge in [0, 0.05) is 12.7 Å². The maximum atomic E-state index is 12.5. The van der Waals surface area contributed by atoms with Gasteiger partial charge >= 0.3 is 11.9 Å². The summed E-state index contributed by atoms with van der Waals surface area (Å²) in [7, 11) is 0. The summed E-state index contributed by atoms with van der Waals surface area (Å²) < 4.78 is 37.6. The summed E-state index contributed by atoms with van der Waals surface area (Å²) in [6, 6.07) is 6.07. The van der Waals surface area contributed by atoms with Gasteiger partial charge in [-0.05, 0) is 23.8 Å². The summed E-state index contributed by atoms with van der Waals surface area (Å²) in [5, 5.41) is 2.75. The largest absolute Gasteiger partial charge is 0.417 e. The Morgan fingerprint density at radius 3 is 2.61 bits per heavy atom. The molecule has 0 atom stereocenters. The highest BCUT2D eigenvalue weighted by Gasteiger charge is 2.31. The van der Waals surface area contributed by atoms with E-state index in [2.05, 4.69) is 20.3 Å². The Balaban J connectivity index is 1.77. The summed E-state index contributed by atoms with van der Waals surface area (Å²) in [5.41, 5.74) is 0.910. The van der Waals surface area contributed by atoms with Crippen LogP contribution >= 0.6 is 11.6 Å². The Morgan fingerprint density at radius 2 is 1.91 bits per heavy atom. The molecular weight excluding hydrogens is 333 g/mol. The number of aromatic amines is 2. The average Bonchev–Trinajstić information content (AvgIpc) is 2.84. The van der Waals surface area contributed by atoms with Crippen LogP contribution in [0.3, 0.4) is 0 Å². The van der Waals surface area contributed by atoms with Crippen LogP contribution in [0, 0.1) is 0 Å². The van der Waals surface area contributed by atoms with Crippen LogP contribution in [0.5, 0.6) is 0 Å². The molecule has 2 aromatic heterocycles. The number of halogens is 4. The van der Waals surface area contributed by atoms with E-state index in [1.165, 1.54) is 0 Å². The zero-order chi connectivity index (χ0) is 16.6. The van der Waals surface area contributed by atoms with Crippen molar-refractivity contribution in [3.63, 3.8) is 0 Å². The molecule has 0 unspecified atom stereocenters.